The summed E-state index contributed by atoms with van der Waals surface area (Å²) in [5.74, 6) is -1.41. The summed E-state index contributed by atoms with van der Waals surface area (Å²) in [7, 11) is 0. The zero-order valence-electron chi connectivity index (χ0n) is 19.0. The van der Waals surface area contributed by atoms with E-state index in [9.17, 15) is 14.4 Å². The van der Waals surface area contributed by atoms with Gasteiger partial charge < -0.3 is 15.6 Å². The highest BCUT2D eigenvalue weighted by Crippen LogP contribution is 2.20. The summed E-state index contributed by atoms with van der Waals surface area (Å²) in [6, 6.07) is 20.4. The van der Waals surface area contributed by atoms with Crippen LogP contribution in [0, 0.1) is 0 Å². The molecule has 1 atom stereocenters. The Morgan fingerprint density at radius 1 is 0.972 bits per heavy atom. The highest BCUT2D eigenvalue weighted by atomic mass is 79.9. The van der Waals surface area contributed by atoms with Crippen molar-refractivity contribution in [2.75, 3.05) is 5.32 Å². The first-order chi connectivity index (χ1) is 17.4. The van der Waals surface area contributed by atoms with Gasteiger partial charge in [-0.2, -0.15) is 0 Å². The topological polar surface area (TPSA) is 123 Å². The summed E-state index contributed by atoms with van der Waals surface area (Å²) in [5.41, 5.74) is 4.99. The van der Waals surface area contributed by atoms with Crippen LogP contribution in [0.3, 0.4) is 0 Å². The van der Waals surface area contributed by atoms with E-state index >= 15 is 0 Å². The Hall–Kier alpha value is -4.21. The van der Waals surface area contributed by atoms with Crippen molar-refractivity contribution in [2.45, 2.75) is 12.5 Å². The molecule has 36 heavy (non-hydrogen) atoms. The van der Waals surface area contributed by atoms with Crippen molar-refractivity contribution in [1.82, 2.24) is 15.8 Å². The lowest BCUT2D eigenvalue weighted by atomic mass is 10.0. The van der Waals surface area contributed by atoms with Gasteiger partial charge in [0.15, 0.2) is 0 Å². The molecule has 182 valence electrons. The number of H-pyrrole nitrogens is 1. The fourth-order valence-corrected chi connectivity index (χ4v) is 3.96. The fourth-order valence-electron chi connectivity index (χ4n) is 3.69. The van der Waals surface area contributed by atoms with Crippen LogP contribution < -0.4 is 16.1 Å². The van der Waals surface area contributed by atoms with Crippen LogP contribution >= 0.6 is 15.9 Å². The zero-order valence-corrected chi connectivity index (χ0v) is 20.6. The number of carbonyl (C=O) groups excluding carboxylic acids is 3. The smallest absolute Gasteiger partial charge is 0.274 e. The molecule has 0 saturated heterocycles. The quantitative estimate of drug-likeness (QED) is 0.127. The van der Waals surface area contributed by atoms with E-state index in [1.807, 2.05) is 42.6 Å². The molecule has 0 unspecified atom stereocenters. The van der Waals surface area contributed by atoms with E-state index in [1.54, 1.807) is 35.8 Å². The summed E-state index contributed by atoms with van der Waals surface area (Å²) in [5, 5.41) is 15.4. The average Bonchev–Trinajstić information content (AvgIpc) is 3.31. The van der Waals surface area contributed by atoms with Crippen LogP contribution in [0.25, 0.3) is 17.0 Å². The van der Waals surface area contributed by atoms with Crippen LogP contribution in [0.2, 0.25) is 0 Å². The predicted molar refractivity (Wildman–Crippen MR) is 141 cm³/mol. The molecule has 8 nitrogen and oxygen atoms in total. The molecular weight excluding hydrogens is 524 g/mol. The molecule has 0 aliphatic carbocycles. The van der Waals surface area contributed by atoms with Crippen LogP contribution in [0.5, 0.6) is 0 Å². The summed E-state index contributed by atoms with van der Waals surface area (Å²) < 4.78 is 0.888. The summed E-state index contributed by atoms with van der Waals surface area (Å²) in [6.45, 7) is 0. The number of anilines is 1. The van der Waals surface area contributed by atoms with Gasteiger partial charge in [0.2, 0.25) is 11.8 Å². The Labute approximate surface area is 215 Å². The Bertz CT molecular complexity index is 1410. The molecule has 0 radical (unpaired) electrons. The van der Waals surface area contributed by atoms with Gasteiger partial charge in [-0.1, -0.05) is 46.3 Å². The van der Waals surface area contributed by atoms with E-state index < -0.39 is 17.9 Å². The van der Waals surface area contributed by atoms with Gasteiger partial charge in [0.25, 0.3) is 5.91 Å². The molecule has 3 aromatic carbocycles. The Morgan fingerprint density at radius 3 is 2.42 bits per heavy atom. The third-order valence-corrected chi connectivity index (χ3v) is 6.07. The minimum Gasteiger partial charge on any atom is -0.361 e. The first-order valence-corrected chi connectivity index (χ1v) is 11.9. The van der Waals surface area contributed by atoms with E-state index in [-0.39, 0.29) is 17.9 Å². The molecule has 0 aliphatic heterocycles. The van der Waals surface area contributed by atoms with Gasteiger partial charge in [0.05, 0.1) is 0 Å². The second kappa shape index (κ2) is 11.5. The van der Waals surface area contributed by atoms with Crippen LogP contribution in [0.4, 0.5) is 5.69 Å². The third kappa shape index (κ3) is 6.26. The van der Waals surface area contributed by atoms with Crippen LogP contribution in [-0.2, 0) is 16.0 Å². The lowest BCUT2D eigenvalue weighted by Crippen LogP contribution is -2.44. The molecule has 4 rings (SSSR count). The number of hydroxylamine groups is 1. The van der Waals surface area contributed by atoms with E-state index in [0.717, 1.165) is 20.9 Å². The third-order valence-electron chi connectivity index (χ3n) is 5.55. The van der Waals surface area contributed by atoms with E-state index in [2.05, 4.69) is 31.5 Å². The number of rotatable bonds is 8. The van der Waals surface area contributed by atoms with E-state index in [1.165, 1.54) is 18.2 Å². The minimum atomic E-state index is -0.833. The largest absolute Gasteiger partial charge is 0.361 e. The molecule has 0 saturated carbocycles. The van der Waals surface area contributed by atoms with Crippen molar-refractivity contribution < 1.29 is 19.6 Å². The van der Waals surface area contributed by atoms with Crippen molar-refractivity contribution in [3.05, 3.63) is 106 Å². The number of aromatic nitrogens is 1. The highest BCUT2D eigenvalue weighted by Gasteiger charge is 2.22. The average molecular weight is 547 g/mol. The predicted octanol–water partition coefficient (Wildman–Crippen LogP) is 4.43. The number of aromatic amines is 1. The number of halogens is 1. The van der Waals surface area contributed by atoms with Crippen molar-refractivity contribution in [3.8, 4) is 0 Å². The molecule has 0 spiro atoms. The molecule has 9 heteroatoms. The maximum atomic E-state index is 13.2. The SMILES string of the molecule is O=C(/C=C/c1ccc(C(=O)NO)cc1)N[C@@H](Cc1c[nH]c2ccccc12)C(=O)Nc1ccc(Br)cc1. The standard InChI is InChI=1S/C27H23BrN4O4/c28-20-10-12-21(13-11-20)30-27(35)24(15-19-16-29-23-4-2-1-3-22(19)23)31-25(33)14-7-17-5-8-18(9-6-17)26(34)32-36/h1-14,16,24,29,36H,15H2,(H,30,35)(H,31,33)(H,32,34)/b14-7+/t24-/m0/s1. The minimum absolute atomic E-state index is 0.280. The van der Waals surface area contributed by atoms with Gasteiger partial charge in [-0.25, -0.2) is 5.48 Å². The van der Waals surface area contributed by atoms with E-state index in [4.69, 9.17) is 5.21 Å². The number of hydrogen-bond acceptors (Lipinski definition) is 4. The van der Waals surface area contributed by atoms with E-state index in [0.29, 0.717) is 11.3 Å². The molecule has 4 aromatic rings. The van der Waals surface area contributed by atoms with Crippen molar-refractivity contribution >= 4 is 56.3 Å². The lowest BCUT2D eigenvalue weighted by molar-refractivity contribution is -0.123. The first-order valence-electron chi connectivity index (χ1n) is 11.1. The normalized spacial score (nSPS) is 11.8. The Morgan fingerprint density at radius 2 is 1.69 bits per heavy atom. The number of amides is 3. The van der Waals surface area contributed by atoms with Gasteiger partial charge in [-0.15, -0.1) is 0 Å². The second-order valence-corrected chi connectivity index (χ2v) is 8.93. The van der Waals surface area contributed by atoms with Crippen LogP contribution in [-0.4, -0.2) is 34.0 Å². The summed E-state index contributed by atoms with van der Waals surface area (Å²) in [6.07, 6.45) is 5.04. The molecular formula is C27H23BrN4O4. The number of carbonyl (C=O) groups is 3. The van der Waals surface area contributed by atoms with Gasteiger partial charge >= 0.3 is 0 Å². The maximum absolute atomic E-state index is 13.2. The first kappa shape index (κ1) is 24.9. The monoisotopic (exact) mass is 546 g/mol. The second-order valence-electron chi connectivity index (χ2n) is 8.02. The van der Waals surface area contributed by atoms with Crippen LogP contribution in [0.15, 0.2) is 89.5 Å². The molecule has 1 heterocycles. The summed E-state index contributed by atoms with van der Waals surface area (Å²) in [4.78, 5) is 40.6. The molecule has 0 fully saturated rings. The Kier molecular flexibility index (Phi) is 7.94. The number of fused-ring (bicyclic) bond motifs is 1. The van der Waals surface area contributed by atoms with Gasteiger partial charge in [-0.3, -0.25) is 19.6 Å². The summed E-state index contributed by atoms with van der Waals surface area (Å²) >= 11 is 3.38. The fraction of sp³-hybridized carbons (Fsp3) is 0.0741. The van der Waals surface area contributed by atoms with Gasteiger partial charge in [-0.05, 0) is 59.7 Å². The van der Waals surface area contributed by atoms with Crippen LogP contribution in [0.1, 0.15) is 21.5 Å². The molecule has 0 aliphatic rings. The lowest BCUT2D eigenvalue weighted by Gasteiger charge is -2.18. The van der Waals surface area contributed by atoms with Crippen molar-refractivity contribution in [1.29, 1.82) is 0 Å². The molecule has 5 N–H and O–H groups in total. The van der Waals surface area contributed by atoms with Crippen molar-refractivity contribution in [3.63, 3.8) is 0 Å². The number of benzene rings is 3. The zero-order chi connectivity index (χ0) is 25.5. The molecule has 1 aromatic heterocycles. The molecule has 3 amide bonds. The van der Waals surface area contributed by atoms with Gasteiger partial charge in [0, 0.05) is 45.3 Å². The van der Waals surface area contributed by atoms with Gasteiger partial charge in [0.1, 0.15) is 6.04 Å². The highest BCUT2D eigenvalue weighted by molar-refractivity contribution is 9.10. The maximum Gasteiger partial charge on any atom is 0.274 e. The number of hydrogen-bond donors (Lipinski definition) is 5. The van der Waals surface area contributed by atoms with Crippen molar-refractivity contribution in [2.24, 2.45) is 0 Å². The number of para-hydroxylation sites is 1. The molecule has 0 bridgehead atoms. The number of nitrogens with one attached hydrogen (secondary N) is 4. The Balaban J connectivity index is 1.50.